The Morgan fingerprint density at radius 2 is 1.79 bits per heavy atom. The van der Waals surface area contributed by atoms with Crippen LogP contribution in [0, 0.1) is 0 Å². The SMILES string of the molecule is CCOc1cc2c(cc1OCC)-n1cccc1[C@H](c1c(O)cccc1OC)[NH2+]C2. The molecule has 152 valence electrons. The number of quaternary nitrogens is 1. The lowest BCUT2D eigenvalue weighted by molar-refractivity contribution is -0.702. The van der Waals surface area contributed by atoms with Crippen LogP contribution in [0.4, 0.5) is 0 Å². The van der Waals surface area contributed by atoms with E-state index in [0.29, 0.717) is 19.0 Å². The van der Waals surface area contributed by atoms with Crippen molar-refractivity contribution in [1.29, 1.82) is 0 Å². The molecule has 0 radical (unpaired) electrons. The van der Waals surface area contributed by atoms with Crippen molar-refractivity contribution in [2.24, 2.45) is 0 Å². The fourth-order valence-electron chi connectivity index (χ4n) is 4.04. The Morgan fingerprint density at radius 3 is 2.52 bits per heavy atom. The number of nitrogens with zero attached hydrogens (tertiary/aromatic N) is 1. The number of phenolic OH excluding ortho intramolecular Hbond substituents is 1. The van der Waals surface area contributed by atoms with Gasteiger partial charge in [-0.3, -0.25) is 0 Å². The van der Waals surface area contributed by atoms with E-state index in [1.54, 1.807) is 19.2 Å². The molecule has 0 amide bonds. The minimum Gasteiger partial charge on any atom is -0.507 e. The van der Waals surface area contributed by atoms with Crippen molar-refractivity contribution in [3.8, 4) is 28.7 Å². The van der Waals surface area contributed by atoms with Crippen LogP contribution in [-0.2, 0) is 6.54 Å². The lowest BCUT2D eigenvalue weighted by Crippen LogP contribution is -2.83. The van der Waals surface area contributed by atoms with Crippen molar-refractivity contribution in [2.45, 2.75) is 26.4 Å². The van der Waals surface area contributed by atoms with Crippen LogP contribution in [0.5, 0.6) is 23.0 Å². The normalized spacial score (nSPS) is 15.2. The number of hydrogen-bond acceptors (Lipinski definition) is 4. The molecule has 0 unspecified atom stereocenters. The summed E-state index contributed by atoms with van der Waals surface area (Å²) in [7, 11) is 1.63. The predicted molar refractivity (Wildman–Crippen MR) is 110 cm³/mol. The zero-order chi connectivity index (χ0) is 20.4. The number of hydrogen-bond donors (Lipinski definition) is 2. The molecule has 4 rings (SSSR count). The van der Waals surface area contributed by atoms with E-state index in [2.05, 4.69) is 22.0 Å². The van der Waals surface area contributed by atoms with E-state index < -0.39 is 0 Å². The van der Waals surface area contributed by atoms with Gasteiger partial charge in [0.05, 0.1) is 37.3 Å². The number of benzene rings is 2. The van der Waals surface area contributed by atoms with Crippen LogP contribution >= 0.6 is 0 Å². The van der Waals surface area contributed by atoms with E-state index in [-0.39, 0.29) is 11.8 Å². The summed E-state index contributed by atoms with van der Waals surface area (Å²) < 4.78 is 19.4. The molecule has 0 spiro atoms. The first-order chi connectivity index (χ1) is 14.2. The van der Waals surface area contributed by atoms with Crippen molar-refractivity contribution in [2.75, 3.05) is 20.3 Å². The van der Waals surface area contributed by atoms with Crippen LogP contribution in [0.15, 0.2) is 48.7 Å². The number of ether oxygens (including phenoxy) is 3. The van der Waals surface area contributed by atoms with Crippen LogP contribution in [-0.4, -0.2) is 30.0 Å². The van der Waals surface area contributed by atoms with Gasteiger partial charge in [-0.2, -0.15) is 0 Å². The molecule has 2 aromatic carbocycles. The molecule has 6 nitrogen and oxygen atoms in total. The van der Waals surface area contributed by atoms with Gasteiger partial charge in [-0.25, -0.2) is 0 Å². The van der Waals surface area contributed by atoms with E-state index in [9.17, 15) is 5.11 Å². The average molecular weight is 395 g/mol. The Morgan fingerprint density at radius 1 is 1.03 bits per heavy atom. The molecule has 0 saturated carbocycles. The minimum atomic E-state index is -0.111. The highest BCUT2D eigenvalue weighted by Crippen LogP contribution is 2.39. The van der Waals surface area contributed by atoms with Gasteiger partial charge in [0.25, 0.3) is 0 Å². The Bertz CT molecular complexity index is 1010. The predicted octanol–water partition coefficient (Wildman–Crippen LogP) is 3.16. The summed E-state index contributed by atoms with van der Waals surface area (Å²) in [5, 5.41) is 12.8. The van der Waals surface area contributed by atoms with Crippen molar-refractivity contribution in [3.63, 3.8) is 0 Å². The Balaban J connectivity index is 1.86. The summed E-state index contributed by atoms with van der Waals surface area (Å²) >= 11 is 0. The van der Waals surface area contributed by atoms with Gasteiger partial charge in [0.15, 0.2) is 17.5 Å². The monoisotopic (exact) mass is 395 g/mol. The highest BCUT2D eigenvalue weighted by atomic mass is 16.5. The van der Waals surface area contributed by atoms with Crippen molar-refractivity contribution in [1.82, 2.24) is 4.57 Å². The van der Waals surface area contributed by atoms with Crippen molar-refractivity contribution < 1.29 is 24.6 Å². The minimum absolute atomic E-state index is 0.111. The van der Waals surface area contributed by atoms with Gasteiger partial charge in [0.2, 0.25) is 0 Å². The molecular weight excluding hydrogens is 368 g/mol. The van der Waals surface area contributed by atoms with E-state index in [1.807, 2.05) is 38.2 Å². The summed E-state index contributed by atoms with van der Waals surface area (Å²) in [6, 6.07) is 13.5. The number of methoxy groups -OCH3 is 1. The van der Waals surface area contributed by atoms with Crippen LogP contribution in [0.3, 0.4) is 0 Å². The fraction of sp³-hybridized carbons (Fsp3) is 0.304. The number of fused-ring (bicyclic) bond motifs is 3. The Kier molecular flexibility index (Phi) is 5.36. The molecule has 2 heterocycles. The second-order valence-electron chi connectivity index (χ2n) is 6.91. The highest BCUT2D eigenvalue weighted by molar-refractivity contribution is 5.57. The van der Waals surface area contributed by atoms with Crippen LogP contribution in [0.1, 0.15) is 36.7 Å². The summed E-state index contributed by atoms with van der Waals surface area (Å²) in [5.74, 6) is 2.41. The molecule has 0 bridgehead atoms. The molecule has 1 atom stereocenters. The molecule has 0 saturated heterocycles. The summed E-state index contributed by atoms with van der Waals surface area (Å²) in [4.78, 5) is 0. The second-order valence-corrected chi connectivity index (χ2v) is 6.91. The molecule has 29 heavy (non-hydrogen) atoms. The summed E-state index contributed by atoms with van der Waals surface area (Å²) in [6.07, 6.45) is 2.04. The Labute approximate surface area is 170 Å². The molecule has 0 aliphatic carbocycles. The van der Waals surface area contributed by atoms with Crippen molar-refractivity contribution >= 4 is 0 Å². The standard InChI is InChI=1S/C23H26N2O4/c1-4-28-20-12-15-14-24-23(22-18(26)9-6-10-19(22)27-3)16-8-7-11-25(16)17(15)13-21(20)29-5-2/h6-13,23-24,26H,4-5,14H2,1-3H3/p+1/t23-/m1/s1. The summed E-state index contributed by atoms with van der Waals surface area (Å²) in [5.41, 5.74) is 4.05. The zero-order valence-electron chi connectivity index (χ0n) is 17.0. The number of rotatable bonds is 6. The lowest BCUT2D eigenvalue weighted by atomic mass is 10.0. The van der Waals surface area contributed by atoms with Gasteiger partial charge in [-0.1, -0.05) is 6.07 Å². The maximum Gasteiger partial charge on any atom is 0.163 e. The smallest absolute Gasteiger partial charge is 0.163 e. The number of nitrogens with two attached hydrogens (primary N) is 1. The quantitative estimate of drug-likeness (QED) is 0.673. The molecule has 3 aromatic rings. The first-order valence-electron chi connectivity index (χ1n) is 9.97. The van der Waals surface area contributed by atoms with E-state index in [4.69, 9.17) is 14.2 Å². The maximum absolute atomic E-state index is 10.6. The number of aromatic nitrogens is 1. The van der Waals surface area contributed by atoms with Gasteiger partial charge in [-0.05, 0) is 44.2 Å². The molecule has 1 aromatic heterocycles. The molecule has 1 aliphatic heterocycles. The largest absolute Gasteiger partial charge is 0.507 e. The molecule has 6 heteroatoms. The van der Waals surface area contributed by atoms with Gasteiger partial charge in [0, 0.05) is 17.8 Å². The van der Waals surface area contributed by atoms with Crippen molar-refractivity contribution in [3.05, 3.63) is 65.5 Å². The van der Waals surface area contributed by atoms with E-state index >= 15 is 0 Å². The van der Waals surface area contributed by atoms with Gasteiger partial charge in [0.1, 0.15) is 18.0 Å². The molecule has 3 N–H and O–H groups in total. The number of aromatic hydroxyl groups is 1. The van der Waals surface area contributed by atoms with Crippen LogP contribution in [0.2, 0.25) is 0 Å². The topological polar surface area (TPSA) is 69.5 Å². The van der Waals surface area contributed by atoms with Crippen LogP contribution < -0.4 is 19.5 Å². The Hall–Kier alpha value is -3.12. The summed E-state index contributed by atoms with van der Waals surface area (Å²) in [6.45, 7) is 5.82. The first-order valence-corrected chi connectivity index (χ1v) is 9.97. The maximum atomic E-state index is 10.6. The van der Waals surface area contributed by atoms with Gasteiger partial charge < -0.3 is 29.2 Å². The van der Waals surface area contributed by atoms with Gasteiger partial charge in [-0.15, -0.1) is 0 Å². The third kappa shape index (κ3) is 3.40. The average Bonchev–Trinajstić information content (AvgIpc) is 3.15. The van der Waals surface area contributed by atoms with Gasteiger partial charge >= 0.3 is 0 Å². The molecule has 1 aliphatic rings. The van der Waals surface area contributed by atoms with E-state index in [1.165, 1.54) is 0 Å². The lowest BCUT2D eigenvalue weighted by Gasteiger charge is -2.18. The first kappa shape index (κ1) is 19.2. The molecular formula is C23H27N2O4+. The second kappa shape index (κ2) is 8.09. The zero-order valence-corrected chi connectivity index (χ0v) is 17.0. The third-order valence-electron chi connectivity index (χ3n) is 5.25. The third-order valence-corrected chi connectivity index (χ3v) is 5.25. The fourth-order valence-corrected chi connectivity index (χ4v) is 4.04. The highest BCUT2D eigenvalue weighted by Gasteiger charge is 2.31. The van der Waals surface area contributed by atoms with E-state index in [0.717, 1.165) is 40.6 Å². The molecule has 0 fully saturated rings. The van der Waals surface area contributed by atoms with Crippen LogP contribution in [0.25, 0.3) is 5.69 Å². The number of phenols is 1.